The Morgan fingerprint density at radius 1 is 1.20 bits per heavy atom. The van der Waals surface area contributed by atoms with Gasteiger partial charge in [-0.1, -0.05) is 18.9 Å². The van der Waals surface area contributed by atoms with E-state index in [4.69, 9.17) is 4.98 Å². The van der Waals surface area contributed by atoms with E-state index in [9.17, 15) is 0 Å². The molecule has 3 heterocycles. The number of nitrogens with zero attached hydrogens (tertiary/aromatic N) is 3. The third-order valence-electron chi connectivity index (χ3n) is 4.74. The molecule has 1 fully saturated rings. The molecule has 1 spiro atoms. The Hall–Kier alpha value is -1.68. The average Bonchev–Trinajstić information content (AvgIpc) is 3.10. The molecule has 0 unspecified atom stereocenters. The normalized spacial score (nSPS) is 20.2. The fourth-order valence-corrected chi connectivity index (χ4v) is 3.77. The average molecular weight is 268 g/mol. The van der Waals surface area contributed by atoms with Gasteiger partial charge < -0.3 is 9.88 Å². The summed E-state index contributed by atoms with van der Waals surface area (Å²) in [6.45, 7) is 1.90. The van der Waals surface area contributed by atoms with Gasteiger partial charge in [-0.3, -0.25) is 4.98 Å². The van der Waals surface area contributed by atoms with Crippen LogP contribution in [0.5, 0.6) is 0 Å². The topological polar surface area (TPSA) is 42.7 Å². The minimum Gasteiger partial charge on any atom is -0.328 e. The molecule has 20 heavy (non-hydrogen) atoms. The molecule has 104 valence electrons. The Morgan fingerprint density at radius 3 is 2.90 bits per heavy atom. The van der Waals surface area contributed by atoms with Gasteiger partial charge in [0.1, 0.15) is 0 Å². The molecule has 4 heteroatoms. The standard InChI is InChI=1S/C16H20N4/c1-4-9-17-13(5-1)11-20-12-18-15-14(20)6-10-19-16(15)7-2-3-8-16/h1,4-5,9,12,19H,2-3,6-8,10-11H2. The number of fused-ring (bicyclic) bond motifs is 2. The third-order valence-corrected chi connectivity index (χ3v) is 4.74. The van der Waals surface area contributed by atoms with Crippen LogP contribution in [-0.4, -0.2) is 21.1 Å². The lowest BCUT2D eigenvalue weighted by atomic mass is 9.88. The van der Waals surface area contributed by atoms with E-state index in [-0.39, 0.29) is 5.54 Å². The van der Waals surface area contributed by atoms with Gasteiger partial charge in [0.2, 0.25) is 0 Å². The zero-order valence-electron chi connectivity index (χ0n) is 11.7. The van der Waals surface area contributed by atoms with Crippen LogP contribution in [0, 0.1) is 0 Å². The van der Waals surface area contributed by atoms with E-state index in [1.54, 1.807) is 0 Å². The molecule has 4 rings (SSSR count). The van der Waals surface area contributed by atoms with Gasteiger partial charge in [0.15, 0.2) is 0 Å². The van der Waals surface area contributed by atoms with Gasteiger partial charge in [0, 0.05) is 24.9 Å². The molecule has 2 aromatic heterocycles. The Labute approximate surface area is 119 Å². The first-order valence-electron chi connectivity index (χ1n) is 7.57. The van der Waals surface area contributed by atoms with Crippen LogP contribution in [-0.2, 0) is 18.5 Å². The van der Waals surface area contributed by atoms with Crippen molar-refractivity contribution < 1.29 is 0 Å². The van der Waals surface area contributed by atoms with Gasteiger partial charge in [-0.2, -0.15) is 0 Å². The van der Waals surface area contributed by atoms with Crippen molar-refractivity contribution in [3.8, 4) is 0 Å². The first kappa shape index (κ1) is 12.1. The molecular weight excluding hydrogens is 248 g/mol. The highest BCUT2D eigenvalue weighted by Crippen LogP contribution is 2.41. The second kappa shape index (κ2) is 4.70. The molecule has 0 radical (unpaired) electrons. The SMILES string of the molecule is c1ccc(Cn2cnc3c2CCNC32CCCC2)nc1. The number of nitrogens with one attached hydrogen (secondary N) is 1. The highest BCUT2D eigenvalue weighted by molar-refractivity contribution is 5.28. The number of aromatic nitrogens is 3. The highest BCUT2D eigenvalue weighted by Gasteiger charge is 2.41. The second-order valence-corrected chi connectivity index (χ2v) is 5.95. The van der Waals surface area contributed by atoms with Crippen LogP contribution < -0.4 is 5.32 Å². The molecule has 0 atom stereocenters. The van der Waals surface area contributed by atoms with Crippen LogP contribution in [0.3, 0.4) is 0 Å². The van der Waals surface area contributed by atoms with E-state index < -0.39 is 0 Å². The second-order valence-electron chi connectivity index (χ2n) is 5.95. The molecule has 0 bridgehead atoms. The number of pyridine rings is 1. The quantitative estimate of drug-likeness (QED) is 0.908. The summed E-state index contributed by atoms with van der Waals surface area (Å²) in [4.78, 5) is 9.19. The van der Waals surface area contributed by atoms with Gasteiger partial charge >= 0.3 is 0 Å². The van der Waals surface area contributed by atoms with Crippen molar-refractivity contribution in [1.82, 2.24) is 19.9 Å². The number of hydrogen-bond donors (Lipinski definition) is 1. The summed E-state index contributed by atoms with van der Waals surface area (Å²) in [7, 11) is 0. The summed E-state index contributed by atoms with van der Waals surface area (Å²) in [6.07, 6.45) is 10.1. The van der Waals surface area contributed by atoms with Crippen LogP contribution in [0.15, 0.2) is 30.7 Å². The molecule has 0 amide bonds. The third kappa shape index (κ3) is 1.86. The Balaban J connectivity index is 1.69. The highest BCUT2D eigenvalue weighted by atomic mass is 15.1. The van der Waals surface area contributed by atoms with E-state index in [0.29, 0.717) is 0 Å². The largest absolute Gasteiger partial charge is 0.328 e. The molecule has 2 aromatic rings. The van der Waals surface area contributed by atoms with Crippen LogP contribution >= 0.6 is 0 Å². The number of rotatable bonds is 2. The van der Waals surface area contributed by atoms with Crippen LogP contribution in [0.25, 0.3) is 0 Å². The summed E-state index contributed by atoms with van der Waals surface area (Å²) in [6, 6.07) is 6.09. The molecular formula is C16H20N4. The number of hydrogen-bond acceptors (Lipinski definition) is 3. The Bertz CT molecular complexity index is 596. The van der Waals surface area contributed by atoms with Gasteiger partial charge in [-0.15, -0.1) is 0 Å². The predicted molar refractivity (Wildman–Crippen MR) is 77.4 cm³/mol. The monoisotopic (exact) mass is 268 g/mol. The lowest BCUT2D eigenvalue weighted by Crippen LogP contribution is -2.45. The Kier molecular flexibility index (Phi) is 2.84. The van der Waals surface area contributed by atoms with E-state index in [2.05, 4.69) is 20.9 Å². The molecule has 1 aliphatic carbocycles. The summed E-state index contributed by atoms with van der Waals surface area (Å²) in [5.74, 6) is 0. The summed E-state index contributed by atoms with van der Waals surface area (Å²) >= 11 is 0. The summed E-state index contributed by atoms with van der Waals surface area (Å²) < 4.78 is 2.29. The van der Waals surface area contributed by atoms with E-state index in [0.717, 1.165) is 25.2 Å². The van der Waals surface area contributed by atoms with Gasteiger partial charge in [0.25, 0.3) is 0 Å². The van der Waals surface area contributed by atoms with Crippen LogP contribution in [0.2, 0.25) is 0 Å². The van der Waals surface area contributed by atoms with Gasteiger partial charge in [-0.25, -0.2) is 4.98 Å². The lowest BCUT2D eigenvalue weighted by molar-refractivity contribution is 0.312. The fraction of sp³-hybridized carbons (Fsp3) is 0.500. The smallest absolute Gasteiger partial charge is 0.0956 e. The zero-order chi connectivity index (χ0) is 13.4. The first-order valence-corrected chi connectivity index (χ1v) is 7.57. The summed E-state index contributed by atoms with van der Waals surface area (Å²) in [5.41, 5.74) is 3.99. The van der Waals surface area contributed by atoms with Crippen molar-refractivity contribution >= 4 is 0 Å². The molecule has 1 saturated carbocycles. The van der Waals surface area contributed by atoms with Crippen molar-refractivity contribution in [1.29, 1.82) is 0 Å². The molecule has 4 nitrogen and oxygen atoms in total. The van der Waals surface area contributed by atoms with Crippen molar-refractivity contribution in [3.63, 3.8) is 0 Å². The van der Waals surface area contributed by atoms with Crippen molar-refractivity contribution in [2.45, 2.75) is 44.2 Å². The summed E-state index contributed by atoms with van der Waals surface area (Å²) in [5, 5.41) is 3.74. The molecule has 1 aliphatic heterocycles. The molecule has 0 aromatic carbocycles. The molecule has 1 N–H and O–H groups in total. The lowest BCUT2D eigenvalue weighted by Gasteiger charge is -2.34. The van der Waals surface area contributed by atoms with Crippen LogP contribution in [0.1, 0.15) is 42.8 Å². The fourth-order valence-electron chi connectivity index (χ4n) is 3.77. The molecule has 0 saturated heterocycles. The van der Waals surface area contributed by atoms with Gasteiger partial charge in [0.05, 0.1) is 29.8 Å². The van der Waals surface area contributed by atoms with Gasteiger partial charge in [-0.05, 0) is 25.0 Å². The van der Waals surface area contributed by atoms with E-state index in [1.807, 2.05) is 24.7 Å². The number of imidazole rings is 1. The Morgan fingerprint density at radius 2 is 2.10 bits per heavy atom. The maximum Gasteiger partial charge on any atom is 0.0956 e. The van der Waals surface area contributed by atoms with Crippen LogP contribution in [0.4, 0.5) is 0 Å². The zero-order valence-corrected chi connectivity index (χ0v) is 11.7. The first-order chi connectivity index (χ1) is 9.87. The minimum absolute atomic E-state index is 0.170. The maximum absolute atomic E-state index is 4.76. The van der Waals surface area contributed by atoms with Crippen molar-refractivity contribution in [3.05, 3.63) is 47.8 Å². The predicted octanol–water partition coefficient (Wildman–Crippen LogP) is 2.24. The van der Waals surface area contributed by atoms with E-state index in [1.165, 1.54) is 37.1 Å². The van der Waals surface area contributed by atoms with Crippen molar-refractivity contribution in [2.24, 2.45) is 0 Å². The minimum atomic E-state index is 0.170. The van der Waals surface area contributed by atoms with Crippen molar-refractivity contribution in [2.75, 3.05) is 6.54 Å². The van der Waals surface area contributed by atoms with E-state index >= 15 is 0 Å². The molecule has 2 aliphatic rings. The maximum atomic E-state index is 4.76.